The van der Waals surface area contributed by atoms with Crippen LogP contribution in [0, 0.1) is 6.92 Å². The maximum Gasteiger partial charge on any atom is 0.171 e. The second-order valence-electron chi connectivity index (χ2n) is 5.08. The summed E-state index contributed by atoms with van der Waals surface area (Å²) in [6, 6.07) is 14.0. The molecule has 0 radical (unpaired) electrons. The van der Waals surface area contributed by atoms with E-state index in [4.69, 9.17) is 28.6 Å². The van der Waals surface area contributed by atoms with Crippen LogP contribution in [0.3, 0.4) is 0 Å². The first-order valence-electron chi connectivity index (χ1n) is 6.97. The number of ether oxygens (including phenoxy) is 1. The molecule has 0 saturated heterocycles. The SMILES string of the molecule is COc1ccc(NC(=S)N[C@H](C)c2ccc(C)cc2)cc1Cl. The number of nitrogens with one attached hydrogen (secondary N) is 2. The van der Waals surface area contributed by atoms with Gasteiger partial charge in [-0.15, -0.1) is 0 Å². The fourth-order valence-electron chi connectivity index (χ4n) is 2.05. The van der Waals surface area contributed by atoms with Gasteiger partial charge in [-0.1, -0.05) is 41.4 Å². The second kappa shape index (κ2) is 7.47. The lowest BCUT2D eigenvalue weighted by Gasteiger charge is -2.18. The Hall–Kier alpha value is -1.78. The van der Waals surface area contributed by atoms with E-state index in [1.165, 1.54) is 11.1 Å². The lowest BCUT2D eigenvalue weighted by atomic mass is 10.1. The maximum absolute atomic E-state index is 6.10. The van der Waals surface area contributed by atoms with Gasteiger partial charge in [0.2, 0.25) is 0 Å². The normalized spacial score (nSPS) is 11.6. The molecule has 0 aliphatic heterocycles. The van der Waals surface area contributed by atoms with Crippen LogP contribution in [-0.4, -0.2) is 12.2 Å². The van der Waals surface area contributed by atoms with Gasteiger partial charge in [0.15, 0.2) is 5.11 Å². The zero-order chi connectivity index (χ0) is 16.1. The van der Waals surface area contributed by atoms with E-state index in [2.05, 4.69) is 48.7 Å². The van der Waals surface area contributed by atoms with Crippen molar-refractivity contribution in [1.29, 1.82) is 0 Å². The van der Waals surface area contributed by atoms with E-state index < -0.39 is 0 Å². The van der Waals surface area contributed by atoms with Crippen LogP contribution in [0.15, 0.2) is 42.5 Å². The highest BCUT2D eigenvalue weighted by atomic mass is 35.5. The van der Waals surface area contributed by atoms with Crippen molar-refractivity contribution in [3.63, 3.8) is 0 Å². The highest BCUT2D eigenvalue weighted by molar-refractivity contribution is 7.80. The predicted octanol–water partition coefficient (Wildman–Crippen LogP) is 4.70. The first kappa shape index (κ1) is 16.6. The number of methoxy groups -OCH3 is 1. The quantitative estimate of drug-likeness (QED) is 0.794. The molecule has 0 fully saturated rings. The fraction of sp³-hybridized carbons (Fsp3) is 0.235. The minimum Gasteiger partial charge on any atom is -0.495 e. The standard InChI is InChI=1S/C17H19ClN2OS/c1-11-4-6-13(7-5-11)12(2)19-17(22)20-14-8-9-16(21-3)15(18)10-14/h4-10,12H,1-3H3,(H2,19,20,22)/t12-/m1/s1. The number of halogens is 1. The summed E-state index contributed by atoms with van der Waals surface area (Å²) in [4.78, 5) is 0. The van der Waals surface area contributed by atoms with Gasteiger partial charge in [-0.3, -0.25) is 0 Å². The third kappa shape index (κ3) is 4.36. The molecule has 0 aliphatic rings. The number of rotatable bonds is 4. The summed E-state index contributed by atoms with van der Waals surface area (Å²) in [7, 11) is 1.59. The van der Waals surface area contributed by atoms with E-state index in [9.17, 15) is 0 Å². The molecule has 0 unspecified atom stereocenters. The van der Waals surface area contributed by atoms with E-state index in [0.717, 1.165) is 5.69 Å². The van der Waals surface area contributed by atoms with Crippen molar-refractivity contribution in [3.05, 3.63) is 58.6 Å². The summed E-state index contributed by atoms with van der Waals surface area (Å²) >= 11 is 11.4. The summed E-state index contributed by atoms with van der Waals surface area (Å²) in [6.45, 7) is 4.14. The lowest BCUT2D eigenvalue weighted by Crippen LogP contribution is -2.30. The number of hydrogen-bond acceptors (Lipinski definition) is 2. The van der Waals surface area contributed by atoms with Gasteiger partial charge in [-0.05, 0) is 49.8 Å². The van der Waals surface area contributed by atoms with Gasteiger partial charge >= 0.3 is 0 Å². The van der Waals surface area contributed by atoms with Crippen molar-refractivity contribution in [2.45, 2.75) is 19.9 Å². The van der Waals surface area contributed by atoms with Crippen LogP contribution in [0.4, 0.5) is 5.69 Å². The van der Waals surface area contributed by atoms with Crippen molar-refractivity contribution >= 4 is 34.6 Å². The number of hydrogen-bond donors (Lipinski definition) is 2. The minimum absolute atomic E-state index is 0.120. The molecular weight excluding hydrogens is 316 g/mol. The molecule has 5 heteroatoms. The van der Waals surface area contributed by atoms with E-state index >= 15 is 0 Å². The summed E-state index contributed by atoms with van der Waals surface area (Å²) < 4.78 is 5.13. The maximum atomic E-state index is 6.10. The van der Waals surface area contributed by atoms with Crippen LogP contribution in [0.2, 0.25) is 5.02 Å². The molecule has 2 rings (SSSR count). The molecule has 0 aliphatic carbocycles. The summed E-state index contributed by atoms with van der Waals surface area (Å²) in [5.74, 6) is 0.638. The average Bonchev–Trinajstić information content (AvgIpc) is 2.48. The largest absolute Gasteiger partial charge is 0.495 e. The molecule has 1 atom stereocenters. The molecule has 0 spiro atoms. The second-order valence-corrected chi connectivity index (χ2v) is 5.90. The van der Waals surface area contributed by atoms with E-state index in [1.54, 1.807) is 19.2 Å². The number of aryl methyl sites for hydroxylation is 1. The summed E-state index contributed by atoms with van der Waals surface area (Å²) in [5.41, 5.74) is 3.24. The van der Waals surface area contributed by atoms with Gasteiger partial charge < -0.3 is 15.4 Å². The first-order chi connectivity index (χ1) is 10.5. The molecule has 0 aromatic heterocycles. The Kier molecular flexibility index (Phi) is 5.63. The minimum atomic E-state index is 0.120. The van der Waals surface area contributed by atoms with Crippen molar-refractivity contribution in [1.82, 2.24) is 5.32 Å². The fourth-order valence-corrected chi connectivity index (χ4v) is 2.60. The van der Waals surface area contributed by atoms with Crippen LogP contribution < -0.4 is 15.4 Å². The van der Waals surface area contributed by atoms with Crippen LogP contribution >= 0.6 is 23.8 Å². The smallest absolute Gasteiger partial charge is 0.171 e. The van der Waals surface area contributed by atoms with Crippen molar-refractivity contribution < 1.29 is 4.74 Å². The Morgan fingerprint density at radius 3 is 2.45 bits per heavy atom. The van der Waals surface area contributed by atoms with Gasteiger partial charge in [0.25, 0.3) is 0 Å². The molecule has 0 amide bonds. The predicted molar refractivity (Wildman–Crippen MR) is 97.0 cm³/mol. The number of thiocarbonyl (C=S) groups is 1. The van der Waals surface area contributed by atoms with Gasteiger partial charge in [0.05, 0.1) is 18.2 Å². The van der Waals surface area contributed by atoms with Crippen molar-refractivity contribution in [3.8, 4) is 5.75 Å². The van der Waals surface area contributed by atoms with Gasteiger partial charge in [0, 0.05) is 5.69 Å². The third-order valence-corrected chi connectivity index (χ3v) is 3.85. The molecule has 116 valence electrons. The molecule has 0 saturated carbocycles. The Morgan fingerprint density at radius 2 is 1.86 bits per heavy atom. The van der Waals surface area contributed by atoms with Crippen LogP contribution in [0.1, 0.15) is 24.1 Å². The number of anilines is 1. The van der Waals surface area contributed by atoms with Gasteiger partial charge in [0.1, 0.15) is 5.75 Å². The average molecular weight is 335 g/mol. The molecule has 2 N–H and O–H groups in total. The molecule has 0 heterocycles. The number of benzene rings is 2. The zero-order valence-corrected chi connectivity index (χ0v) is 14.4. The third-order valence-electron chi connectivity index (χ3n) is 3.33. The first-order valence-corrected chi connectivity index (χ1v) is 7.76. The topological polar surface area (TPSA) is 33.3 Å². The van der Waals surface area contributed by atoms with Gasteiger partial charge in [-0.2, -0.15) is 0 Å². The lowest BCUT2D eigenvalue weighted by molar-refractivity contribution is 0.415. The van der Waals surface area contributed by atoms with Crippen LogP contribution in [0.5, 0.6) is 5.75 Å². The Labute approximate surface area is 141 Å². The van der Waals surface area contributed by atoms with Crippen molar-refractivity contribution in [2.24, 2.45) is 0 Å². The van der Waals surface area contributed by atoms with E-state index in [1.807, 2.05) is 6.07 Å². The monoisotopic (exact) mass is 334 g/mol. The molecular formula is C17H19ClN2OS. The van der Waals surface area contributed by atoms with Crippen molar-refractivity contribution in [2.75, 3.05) is 12.4 Å². The Balaban J connectivity index is 1.97. The van der Waals surface area contributed by atoms with E-state index in [-0.39, 0.29) is 6.04 Å². The molecule has 2 aromatic rings. The summed E-state index contributed by atoms with van der Waals surface area (Å²) in [5, 5.41) is 7.48. The van der Waals surface area contributed by atoms with E-state index in [0.29, 0.717) is 15.9 Å². The Bertz CT molecular complexity index is 658. The zero-order valence-electron chi connectivity index (χ0n) is 12.8. The Morgan fingerprint density at radius 1 is 1.18 bits per heavy atom. The highest BCUT2D eigenvalue weighted by Crippen LogP contribution is 2.27. The highest BCUT2D eigenvalue weighted by Gasteiger charge is 2.08. The molecule has 3 nitrogen and oxygen atoms in total. The van der Waals surface area contributed by atoms with Gasteiger partial charge in [-0.25, -0.2) is 0 Å². The molecule has 2 aromatic carbocycles. The van der Waals surface area contributed by atoms with Crippen LogP contribution in [-0.2, 0) is 0 Å². The summed E-state index contributed by atoms with van der Waals surface area (Å²) in [6.07, 6.45) is 0. The molecule has 22 heavy (non-hydrogen) atoms. The molecule has 0 bridgehead atoms. The van der Waals surface area contributed by atoms with Crippen LogP contribution in [0.25, 0.3) is 0 Å².